The Morgan fingerprint density at radius 2 is 1.93 bits per heavy atom. The molecule has 1 amide bonds. The Labute approximate surface area is 168 Å². The summed E-state index contributed by atoms with van der Waals surface area (Å²) in [6.45, 7) is 0.353. The van der Waals surface area contributed by atoms with E-state index in [4.69, 9.17) is 0 Å². The van der Waals surface area contributed by atoms with E-state index in [-0.39, 0.29) is 11.2 Å². The molecule has 2 heterocycles. The highest BCUT2D eigenvalue weighted by Gasteiger charge is 2.14. The lowest BCUT2D eigenvalue weighted by molar-refractivity contribution is -0.384. The monoisotopic (exact) mass is 406 g/mol. The van der Waals surface area contributed by atoms with Gasteiger partial charge in [0, 0.05) is 24.4 Å². The minimum atomic E-state index is -0.479. The number of nitro benzene ring substituents is 1. The van der Waals surface area contributed by atoms with E-state index in [0.717, 1.165) is 16.9 Å². The average Bonchev–Trinajstić information content (AvgIpc) is 3.11. The van der Waals surface area contributed by atoms with Crippen molar-refractivity contribution in [2.45, 2.75) is 6.54 Å². The number of anilines is 1. The van der Waals surface area contributed by atoms with Crippen LogP contribution < -0.4 is 10.9 Å². The zero-order valence-corrected chi connectivity index (χ0v) is 15.8. The molecule has 2 aromatic carbocycles. The van der Waals surface area contributed by atoms with E-state index in [1.807, 2.05) is 30.3 Å². The molecule has 0 spiro atoms. The number of carbonyl (C=O) groups excluding carboxylic acids is 1. The van der Waals surface area contributed by atoms with Gasteiger partial charge >= 0.3 is 0 Å². The van der Waals surface area contributed by atoms with E-state index >= 15 is 0 Å². The predicted molar refractivity (Wildman–Crippen MR) is 110 cm³/mol. The van der Waals surface area contributed by atoms with Gasteiger partial charge in [-0.25, -0.2) is 4.98 Å². The van der Waals surface area contributed by atoms with Crippen LogP contribution in [0.1, 0.15) is 15.9 Å². The highest BCUT2D eigenvalue weighted by molar-refractivity contribution is 7.22. The number of thiazole rings is 1. The van der Waals surface area contributed by atoms with Gasteiger partial charge in [0.2, 0.25) is 0 Å². The molecule has 4 rings (SSSR count). The van der Waals surface area contributed by atoms with Gasteiger partial charge in [0.1, 0.15) is 0 Å². The summed E-state index contributed by atoms with van der Waals surface area (Å²) in [4.78, 5) is 39.4. The van der Waals surface area contributed by atoms with Crippen molar-refractivity contribution in [3.8, 4) is 0 Å². The molecule has 29 heavy (non-hydrogen) atoms. The second-order valence-electron chi connectivity index (χ2n) is 6.25. The van der Waals surface area contributed by atoms with Gasteiger partial charge in [-0.05, 0) is 17.7 Å². The summed E-state index contributed by atoms with van der Waals surface area (Å²) >= 11 is 1.15. The number of nitrogens with one attached hydrogen (secondary N) is 1. The van der Waals surface area contributed by atoms with Crippen LogP contribution in [0.15, 0.2) is 71.7 Å². The molecule has 144 valence electrons. The fourth-order valence-corrected chi connectivity index (χ4v) is 3.71. The summed E-state index contributed by atoms with van der Waals surface area (Å²) in [6.07, 6.45) is 1.50. The van der Waals surface area contributed by atoms with E-state index in [1.54, 1.807) is 6.07 Å². The Morgan fingerprint density at radius 3 is 2.69 bits per heavy atom. The van der Waals surface area contributed by atoms with Gasteiger partial charge in [-0.3, -0.25) is 25.0 Å². The van der Waals surface area contributed by atoms with Gasteiger partial charge in [0.05, 0.1) is 27.2 Å². The molecule has 0 saturated heterocycles. The molecule has 8 nitrogen and oxygen atoms in total. The standard InChI is InChI=1S/C20H14N4O4S/c25-18-9-6-14(12-23(18)11-13-4-2-1-3-5-13)19(26)22-20-21-16-8-7-15(24(27)28)10-17(16)29-20/h1-10,12H,11H2,(H,21,22,26). The van der Waals surface area contributed by atoms with Gasteiger partial charge in [-0.1, -0.05) is 41.7 Å². The second kappa shape index (κ2) is 7.64. The van der Waals surface area contributed by atoms with Crippen molar-refractivity contribution in [3.05, 3.63) is 98.5 Å². The summed E-state index contributed by atoms with van der Waals surface area (Å²) in [5.41, 5.74) is 1.57. The minimum Gasteiger partial charge on any atom is -0.310 e. The summed E-state index contributed by atoms with van der Waals surface area (Å²) in [5, 5.41) is 13.9. The maximum Gasteiger partial charge on any atom is 0.270 e. The number of pyridine rings is 1. The maximum atomic E-state index is 12.6. The highest BCUT2D eigenvalue weighted by Crippen LogP contribution is 2.29. The minimum absolute atomic E-state index is 0.0352. The molecule has 9 heteroatoms. The number of hydrogen-bond donors (Lipinski definition) is 1. The molecule has 1 N–H and O–H groups in total. The lowest BCUT2D eigenvalue weighted by Crippen LogP contribution is -2.22. The maximum absolute atomic E-state index is 12.6. The van der Waals surface area contributed by atoms with Gasteiger partial charge < -0.3 is 4.57 Å². The zero-order valence-electron chi connectivity index (χ0n) is 14.9. The normalized spacial score (nSPS) is 10.8. The lowest BCUT2D eigenvalue weighted by atomic mass is 10.2. The van der Waals surface area contributed by atoms with Gasteiger partial charge in [-0.2, -0.15) is 0 Å². The van der Waals surface area contributed by atoms with Crippen LogP contribution >= 0.6 is 11.3 Å². The molecular formula is C20H14N4O4S. The summed E-state index contributed by atoms with van der Waals surface area (Å²) in [6, 6.07) is 16.6. The van der Waals surface area contributed by atoms with Crippen molar-refractivity contribution in [1.29, 1.82) is 0 Å². The van der Waals surface area contributed by atoms with Crippen molar-refractivity contribution < 1.29 is 9.72 Å². The van der Waals surface area contributed by atoms with Gasteiger partial charge in [0.15, 0.2) is 5.13 Å². The number of non-ortho nitro benzene ring substituents is 1. The van der Waals surface area contributed by atoms with E-state index in [1.165, 1.54) is 35.0 Å². The molecule has 0 aliphatic rings. The van der Waals surface area contributed by atoms with Crippen LogP contribution in [-0.4, -0.2) is 20.4 Å². The highest BCUT2D eigenvalue weighted by atomic mass is 32.1. The summed E-state index contributed by atoms with van der Waals surface area (Å²) < 4.78 is 2.06. The van der Waals surface area contributed by atoms with Gasteiger partial charge in [-0.15, -0.1) is 0 Å². The SMILES string of the molecule is O=C(Nc1nc2ccc([N+](=O)[O-])cc2s1)c1ccc(=O)n(Cc2ccccc2)c1. The molecule has 4 aromatic rings. The average molecular weight is 406 g/mol. The molecule has 0 atom stereocenters. The Morgan fingerprint density at radius 1 is 1.14 bits per heavy atom. The summed E-state index contributed by atoms with van der Waals surface area (Å²) in [5.74, 6) is -0.416. The molecule has 0 fully saturated rings. The zero-order chi connectivity index (χ0) is 20.4. The van der Waals surface area contributed by atoms with Gasteiger partial charge in [0.25, 0.3) is 17.2 Å². The Kier molecular flexibility index (Phi) is 4.88. The predicted octanol–water partition coefficient (Wildman–Crippen LogP) is 3.67. The second-order valence-corrected chi connectivity index (χ2v) is 7.28. The Bertz CT molecular complexity index is 1280. The molecule has 2 aromatic heterocycles. The van der Waals surface area contributed by atoms with Crippen LogP contribution in [0.3, 0.4) is 0 Å². The number of nitrogens with zero attached hydrogens (tertiary/aromatic N) is 3. The van der Waals surface area contributed by atoms with E-state index in [0.29, 0.717) is 27.5 Å². The molecule has 0 aliphatic carbocycles. The largest absolute Gasteiger partial charge is 0.310 e. The van der Waals surface area contributed by atoms with Crippen molar-refractivity contribution in [3.63, 3.8) is 0 Å². The molecule has 0 saturated carbocycles. The van der Waals surface area contributed by atoms with Crippen molar-refractivity contribution in [2.24, 2.45) is 0 Å². The third kappa shape index (κ3) is 4.04. The number of fused-ring (bicyclic) bond motifs is 1. The van der Waals surface area contributed by atoms with Crippen LogP contribution in [0.2, 0.25) is 0 Å². The summed E-state index contributed by atoms with van der Waals surface area (Å²) in [7, 11) is 0. The quantitative estimate of drug-likeness (QED) is 0.402. The van der Waals surface area contributed by atoms with Crippen LogP contribution in [0.25, 0.3) is 10.2 Å². The van der Waals surface area contributed by atoms with E-state index in [2.05, 4.69) is 10.3 Å². The number of rotatable bonds is 5. The van der Waals surface area contributed by atoms with Crippen LogP contribution in [0.5, 0.6) is 0 Å². The molecule has 0 radical (unpaired) electrons. The smallest absolute Gasteiger partial charge is 0.270 e. The Hall–Kier alpha value is -3.85. The fourth-order valence-electron chi connectivity index (χ4n) is 2.82. The third-order valence-electron chi connectivity index (χ3n) is 4.24. The van der Waals surface area contributed by atoms with Crippen molar-refractivity contribution in [1.82, 2.24) is 9.55 Å². The molecule has 0 bridgehead atoms. The first-order chi connectivity index (χ1) is 14.0. The number of nitro groups is 1. The molecule has 0 unspecified atom stereocenters. The first-order valence-corrected chi connectivity index (χ1v) is 9.42. The number of carbonyl (C=O) groups is 1. The number of aromatic nitrogens is 2. The Balaban J connectivity index is 1.57. The first-order valence-electron chi connectivity index (χ1n) is 8.60. The number of amides is 1. The van der Waals surface area contributed by atoms with Crippen molar-refractivity contribution in [2.75, 3.05) is 5.32 Å². The van der Waals surface area contributed by atoms with Crippen LogP contribution in [-0.2, 0) is 6.54 Å². The van der Waals surface area contributed by atoms with E-state index < -0.39 is 10.8 Å². The van der Waals surface area contributed by atoms with Crippen LogP contribution in [0.4, 0.5) is 10.8 Å². The van der Waals surface area contributed by atoms with Crippen molar-refractivity contribution >= 4 is 38.3 Å². The fraction of sp³-hybridized carbons (Fsp3) is 0.0500. The third-order valence-corrected chi connectivity index (χ3v) is 5.18. The topological polar surface area (TPSA) is 107 Å². The lowest BCUT2D eigenvalue weighted by Gasteiger charge is -2.08. The first kappa shape index (κ1) is 18.5. The van der Waals surface area contributed by atoms with Crippen LogP contribution in [0, 0.1) is 10.1 Å². The molecule has 0 aliphatic heterocycles. The molecular weight excluding hydrogens is 392 g/mol. The van der Waals surface area contributed by atoms with E-state index in [9.17, 15) is 19.7 Å². The number of hydrogen-bond acceptors (Lipinski definition) is 6. The number of benzene rings is 2.